The lowest BCUT2D eigenvalue weighted by Gasteiger charge is -2.19. The van der Waals surface area contributed by atoms with Crippen LogP contribution in [0.4, 0.5) is 5.69 Å². The number of rotatable bonds is 6. The zero-order valence-electron chi connectivity index (χ0n) is 15.3. The number of anilines is 1. The van der Waals surface area contributed by atoms with Gasteiger partial charge >= 0.3 is 0 Å². The molecule has 0 heterocycles. The molecule has 0 radical (unpaired) electrons. The van der Waals surface area contributed by atoms with Crippen molar-refractivity contribution in [2.75, 3.05) is 11.0 Å². The Bertz CT molecular complexity index is 926. The van der Waals surface area contributed by atoms with Gasteiger partial charge in [0.1, 0.15) is 0 Å². The number of hydrogen-bond acceptors (Lipinski definition) is 3. The summed E-state index contributed by atoms with van der Waals surface area (Å²) in [6.45, 7) is 6.09. The van der Waals surface area contributed by atoms with Crippen LogP contribution in [0.25, 0.3) is 0 Å². The molecule has 0 saturated heterocycles. The Morgan fingerprint density at radius 3 is 2.35 bits per heavy atom. The Labute approximate surface area is 159 Å². The molecule has 7 heteroatoms. The number of hydrogen-bond donors (Lipinski definition) is 2. The fourth-order valence-corrected chi connectivity index (χ4v) is 3.44. The standard InChI is InChI=1S/C19H23ClN2O3S/c1-5-18(14-7-6-12(2)13(3)10-14)21-19(23)16-9-8-15(11-17(16)20)22-26(4,24)25/h6-11,18,22H,5H2,1-4H3,(H,21,23)/t18-/m1/s1. The highest BCUT2D eigenvalue weighted by Gasteiger charge is 2.17. The first-order chi connectivity index (χ1) is 12.1. The first-order valence-electron chi connectivity index (χ1n) is 8.26. The third-order valence-corrected chi connectivity index (χ3v) is 5.08. The second kappa shape index (κ2) is 8.10. The number of nitrogens with one attached hydrogen (secondary N) is 2. The van der Waals surface area contributed by atoms with Crippen molar-refractivity contribution in [1.82, 2.24) is 5.32 Å². The molecular formula is C19H23ClN2O3S. The molecule has 0 spiro atoms. The quantitative estimate of drug-likeness (QED) is 0.770. The molecule has 2 aromatic carbocycles. The summed E-state index contributed by atoms with van der Waals surface area (Å²) >= 11 is 6.18. The van der Waals surface area contributed by atoms with Gasteiger partial charge in [0.05, 0.1) is 22.9 Å². The third-order valence-electron chi connectivity index (χ3n) is 4.16. The van der Waals surface area contributed by atoms with Gasteiger partial charge in [-0.05, 0) is 55.2 Å². The van der Waals surface area contributed by atoms with Crippen molar-refractivity contribution >= 4 is 33.2 Å². The van der Waals surface area contributed by atoms with E-state index < -0.39 is 10.0 Å². The van der Waals surface area contributed by atoms with E-state index in [1.807, 2.05) is 32.9 Å². The molecule has 0 bridgehead atoms. The van der Waals surface area contributed by atoms with Crippen LogP contribution >= 0.6 is 11.6 Å². The molecule has 0 fully saturated rings. The van der Waals surface area contributed by atoms with Gasteiger partial charge < -0.3 is 5.32 Å². The SMILES string of the molecule is CC[C@@H](NC(=O)c1ccc(NS(C)(=O)=O)cc1Cl)c1ccc(C)c(C)c1. The lowest BCUT2D eigenvalue weighted by atomic mass is 9.99. The summed E-state index contributed by atoms with van der Waals surface area (Å²) in [6.07, 6.45) is 1.79. The molecule has 0 aliphatic rings. The molecule has 0 saturated carbocycles. The summed E-state index contributed by atoms with van der Waals surface area (Å²) in [5.41, 5.74) is 4.02. The van der Waals surface area contributed by atoms with Gasteiger partial charge in [0, 0.05) is 5.69 Å². The Hall–Kier alpha value is -2.05. The van der Waals surface area contributed by atoms with Crippen molar-refractivity contribution in [2.24, 2.45) is 0 Å². The fourth-order valence-electron chi connectivity index (χ4n) is 2.62. The van der Waals surface area contributed by atoms with Crippen LogP contribution in [0.3, 0.4) is 0 Å². The fraction of sp³-hybridized carbons (Fsp3) is 0.316. The minimum absolute atomic E-state index is 0.133. The Balaban J connectivity index is 2.21. The largest absolute Gasteiger partial charge is 0.345 e. The Morgan fingerprint density at radius 1 is 1.12 bits per heavy atom. The summed E-state index contributed by atoms with van der Waals surface area (Å²) in [5, 5.41) is 3.18. The second-order valence-electron chi connectivity index (χ2n) is 6.35. The predicted octanol–water partition coefficient (Wildman–Crippen LogP) is 4.21. The maximum absolute atomic E-state index is 12.6. The highest BCUT2D eigenvalue weighted by molar-refractivity contribution is 7.92. The molecule has 0 aliphatic carbocycles. The van der Waals surface area contributed by atoms with Gasteiger partial charge in [-0.25, -0.2) is 8.42 Å². The van der Waals surface area contributed by atoms with Crippen molar-refractivity contribution in [1.29, 1.82) is 0 Å². The van der Waals surface area contributed by atoms with Gasteiger partial charge in [0.2, 0.25) is 10.0 Å². The van der Waals surface area contributed by atoms with Crippen LogP contribution in [0.2, 0.25) is 5.02 Å². The third kappa shape index (κ3) is 5.22. The van der Waals surface area contributed by atoms with Crippen LogP contribution in [0.1, 0.15) is 46.4 Å². The van der Waals surface area contributed by atoms with E-state index in [1.165, 1.54) is 29.3 Å². The smallest absolute Gasteiger partial charge is 0.253 e. The maximum Gasteiger partial charge on any atom is 0.253 e. The number of sulfonamides is 1. The molecule has 0 aromatic heterocycles. The van der Waals surface area contributed by atoms with Crippen molar-refractivity contribution < 1.29 is 13.2 Å². The molecule has 1 atom stereocenters. The summed E-state index contributed by atoms with van der Waals surface area (Å²) in [5.74, 6) is -0.300. The molecule has 2 N–H and O–H groups in total. The number of benzene rings is 2. The van der Waals surface area contributed by atoms with E-state index in [9.17, 15) is 13.2 Å². The van der Waals surface area contributed by atoms with Gasteiger partial charge in [0.15, 0.2) is 0 Å². The summed E-state index contributed by atoms with van der Waals surface area (Å²) in [6, 6.07) is 10.4. The van der Waals surface area contributed by atoms with Crippen LogP contribution in [0.5, 0.6) is 0 Å². The molecule has 5 nitrogen and oxygen atoms in total. The number of amides is 1. The zero-order chi connectivity index (χ0) is 19.5. The normalized spacial score (nSPS) is 12.5. The van der Waals surface area contributed by atoms with Crippen molar-refractivity contribution in [3.05, 3.63) is 63.7 Å². The topological polar surface area (TPSA) is 75.3 Å². The van der Waals surface area contributed by atoms with E-state index in [-0.39, 0.29) is 17.0 Å². The molecule has 26 heavy (non-hydrogen) atoms. The van der Waals surface area contributed by atoms with Gasteiger partial charge in [-0.3, -0.25) is 9.52 Å². The van der Waals surface area contributed by atoms with Gasteiger partial charge in [0.25, 0.3) is 5.91 Å². The number of carbonyl (C=O) groups is 1. The Kier molecular flexibility index (Phi) is 6.31. The van der Waals surface area contributed by atoms with E-state index >= 15 is 0 Å². The highest BCUT2D eigenvalue weighted by Crippen LogP contribution is 2.24. The van der Waals surface area contributed by atoms with Crippen LogP contribution in [0.15, 0.2) is 36.4 Å². The Morgan fingerprint density at radius 2 is 1.81 bits per heavy atom. The highest BCUT2D eigenvalue weighted by atomic mass is 35.5. The first kappa shape index (κ1) is 20.3. The van der Waals surface area contributed by atoms with Gasteiger partial charge in [-0.15, -0.1) is 0 Å². The van der Waals surface area contributed by atoms with E-state index in [2.05, 4.69) is 16.1 Å². The molecule has 1 amide bonds. The predicted molar refractivity (Wildman–Crippen MR) is 106 cm³/mol. The van der Waals surface area contributed by atoms with E-state index in [1.54, 1.807) is 0 Å². The molecule has 140 valence electrons. The van der Waals surface area contributed by atoms with E-state index in [0.717, 1.165) is 18.2 Å². The van der Waals surface area contributed by atoms with Crippen LogP contribution < -0.4 is 10.0 Å². The number of halogens is 1. The minimum Gasteiger partial charge on any atom is -0.345 e. The molecule has 0 aliphatic heterocycles. The van der Waals surface area contributed by atoms with Crippen LogP contribution in [0, 0.1) is 13.8 Å². The monoisotopic (exact) mass is 394 g/mol. The molecular weight excluding hydrogens is 372 g/mol. The number of carbonyl (C=O) groups excluding carboxylic acids is 1. The second-order valence-corrected chi connectivity index (χ2v) is 8.50. The minimum atomic E-state index is -3.40. The van der Waals surface area contributed by atoms with Crippen LogP contribution in [-0.2, 0) is 10.0 Å². The van der Waals surface area contributed by atoms with Crippen molar-refractivity contribution in [3.63, 3.8) is 0 Å². The van der Waals surface area contributed by atoms with E-state index in [0.29, 0.717) is 11.3 Å². The molecule has 0 unspecified atom stereocenters. The van der Waals surface area contributed by atoms with Crippen molar-refractivity contribution in [3.8, 4) is 0 Å². The molecule has 2 aromatic rings. The summed E-state index contributed by atoms with van der Waals surface area (Å²) in [4.78, 5) is 12.6. The lowest BCUT2D eigenvalue weighted by Crippen LogP contribution is -2.28. The zero-order valence-corrected chi connectivity index (χ0v) is 16.8. The molecule has 2 rings (SSSR count). The van der Waals surface area contributed by atoms with Crippen LogP contribution in [-0.4, -0.2) is 20.6 Å². The number of aryl methyl sites for hydroxylation is 2. The lowest BCUT2D eigenvalue weighted by molar-refractivity contribution is 0.0935. The first-order valence-corrected chi connectivity index (χ1v) is 10.5. The van der Waals surface area contributed by atoms with Crippen molar-refractivity contribution in [2.45, 2.75) is 33.2 Å². The van der Waals surface area contributed by atoms with E-state index in [4.69, 9.17) is 11.6 Å². The average molecular weight is 395 g/mol. The summed E-state index contributed by atoms with van der Waals surface area (Å²) in [7, 11) is -3.40. The van der Waals surface area contributed by atoms with Gasteiger partial charge in [-0.2, -0.15) is 0 Å². The average Bonchev–Trinajstić information content (AvgIpc) is 2.53. The summed E-state index contributed by atoms with van der Waals surface area (Å²) < 4.78 is 24.9. The maximum atomic E-state index is 12.6. The van der Waals surface area contributed by atoms with Gasteiger partial charge in [-0.1, -0.05) is 36.7 Å².